The highest BCUT2D eigenvalue weighted by molar-refractivity contribution is 6.12. The maximum Gasteiger partial charge on any atom is 0.256 e. The van der Waals surface area contributed by atoms with Gasteiger partial charge in [0.05, 0.1) is 6.54 Å². The Kier molecular flexibility index (Phi) is 3.82. The Labute approximate surface area is 145 Å². The molecule has 0 fully saturated rings. The molecule has 0 aliphatic heterocycles. The summed E-state index contributed by atoms with van der Waals surface area (Å²) in [7, 11) is 1.98. The Balaban J connectivity index is 1.65. The van der Waals surface area contributed by atoms with Crippen molar-refractivity contribution in [3.63, 3.8) is 0 Å². The first-order valence-corrected chi connectivity index (χ1v) is 8.13. The summed E-state index contributed by atoms with van der Waals surface area (Å²) in [5.74, 6) is -0.107. The van der Waals surface area contributed by atoms with Gasteiger partial charge in [-0.1, -0.05) is 24.3 Å². The maximum absolute atomic E-state index is 12.8. The molecule has 0 radical (unpaired) electrons. The van der Waals surface area contributed by atoms with Crippen molar-refractivity contribution in [3.05, 3.63) is 84.3 Å². The number of anilines is 1. The van der Waals surface area contributed by atoms with Gasteiger partial charge in [-0.05, 0) is 35.9 Å². The smallest absolute Gasteiger partial charge is 0.256 e. The van der Waals surface area contributed by atoms with Gasteiger partial charge >= 0.3 is 0 Å². The largest absolute Gasteiger partial charge is 0.351 e. The van der Waals surface area contributed by atoms with Crippen LogP contribution in [0.1, 0.15) is 15.9 Å². The molecule has 0 saturated heterocycles. The number of aromatic nitrogens is 3. The van der Waals surface area contributed by atoms with E-state index in [0.717, 1.165) is 22.2 Å². The first-order valence-electron chi connectivity index (χ1n) is 8.13. The van der Waals surface area contributed by atoms with Gasteiger partial charge in [0.1, 0.15) is 0 Å². The molecule has 0 unspecified atom stereocenters. The lowest BCUT2D eigenvalue weighted by molar-refractivity contribution is 0.102. The van der Waals surface area contributed by atoms with Crippen LogP contribution in [0.4, 0.5) is 5.69 Å². The van der Waals surface area contributed by atoms with Crippen molar-refractivity contribution >= 4 is 22.5 Å². The van der Waals surface area contributed by atoms with E-state index in [9.17, 15) is 4.79 Å². The van der Waals surface area contributed by atoms with E-state index in [2.05, 4.69) is 10.4 Å². The van der Waals surface area contributed by atoms with Gasteiger partial charge in [-0.15, -0.1) is 0 Å². The molecule has 2 aromatic heterocycles. The molecule has 1 N–H and O–H groups in total. The van der Waals surface area contributed by atoms with Crippen LogP contribution in [0.5, 0.6) is 0 Å². The fourth-order valence-electron chi connectivity index (χ4n) is 3.04. The normalized spacial score (nSPS) is 10.9. The summed E-state index contributed by atoms with van der Waals surface area (Å²) in [6, 6.07) is 17.4. The highest BCUT2D eigenvalue weighted by Crippen LogP contribution is 2.22. The second-order valence-corrected chi connectivity index (χ2v) is 5.98. The molecule has 0 bridgehead atoms. The molecule has 0 saturated carbocycles. The first kappa shape index (κ1) is 15.2. The Bertz CT molecular complexity index is 1030. The lowest BCUT2D eigenvalue weighted by Gasteiger charge is -2.12. The number of fused-ring (bicyclic) bond motifs is 1. The lowest BCUT2D eigenvalue weighted by Crippen LogP contribution is -2.14. The minimum Gasteiger partial charge on any atom is -0.351 e. The highest BCUT2D eigenvalue weighted by Gasteiger charge is 2.13. The van der Waals surface area contributed by atoms with Crippen molar-refractivity contribution in [2.45, 2.75) is 6.54 Å². The molecular weight excluding hydrogens is 312 g/mol. The molecule has 0 spiro atoms. The van der Waals surface area contributed by atoms with E-state index in [4.69, 9.17) is 0 Å². The van der Waals surface area contributed by atoms with Gasteiger partial charge in [0.2, 0.25) is 0 Å². The molecule has 2 aromatic carbocycles. The minimum atomic E-state index is -0.107. The van der Waals surface area contributed by atoms with Crippen molar-refractivity contribution < 1.29 is 4.79 Å². The summed E-state index contributed by atoms with van der Waals surface area (Å²) in [6.07, 6.45) is 5.62. The third kappa shape index (κ3) is 2.92. The number of hydrogen-bond donors (Lipinski definition) is 1. The van der Waals surface area contributed by atoms with E-state index in [-0.39, 0.29) is 5.91 Å². The zero-order chi connectivity index (χ0) is 17.2. The average Bonchev–Trinajstić information content (AvgIpc) is 3.27. The molecule has 4 rings (SSSR count). The number of carbonyl (C=O) groups is 1. The van der Waals surface area contributed by atoms with E-state index >= 15 is 0 Å². The van der Waals surface area contributed by atoms with Crippen molar-refractivity contribution in [2.75, 3.05) is 5.32 Å². The average molecular weight is 330 g/mol. The minimum absolute atomic E-state index is 0.107. The van der Waals surface area contributed by atoms with Crippen LogP contribution in [-0.4, -0.2) is 20.3 Å². The second-order valence-electron chi connectivity index (χ2n) is 5.98. The monoisotopic (exact) mass is 330 g/mol. The van der Waals surface area contributed by atoms with Crippen LogP contribution in [-0.2, 0) is 13.6 Å². The van der Waals surface area contributed by atoms with Gasteiger partial charge in [0.25, 0.3) is 5.91 Å². The summed E-state index contributed by atoms with van der Waals surface area (Å²) in [5, 5.41) is 8.24. The number of para-hydroxylation sites is 1. The molecule has 0 aliphatic rings. The van der Waals surface area contributed by atoms with Gasteiger partial charge in [0, 0.05) is 47.8 Å². The van der Waals surface area contributed by atoms with Gasteiger partial charge in [0.15, 0.2) is 0 Å². The predicted octanol–water partition coefficient (Wildman–Crippen LogP) is 3.68. The number of nitrogens with zero attached hydrogens (tertiary/aromatic N) is 3. The number of benzene rings is 2. The maximum atomic E-state index is 12.8. The zero-order valence-corrected chi connectivity index (χ0v) is 13.9. The number of aryl methyl sites for hydroxylation is 1. The van der Waals surface area contributed by atoms with E-state index in [1.165, 1.54) is 0 Å². The second kappa shape index (κ2) is 6.28. The molecule has 2 heterocycles. The van der Waals surface area contributed by atoms with Gasteiger partial charge < -0.3 is 9.88 Å². The zero-order valence-electron chi connectivity index (χ0n) is 13.9. The topological polar surface area (TPSA) is 51.9 Å². The number of hydrogen-bond acceptors (Lipinski definition) is 2. The molecule has 1 amide bonds. The Morgan fingerprint density at radius 3 is 2.76 bits per heavy atom. The van der Waals surface area contributed by atoms with Crippen LogP contribution in [0, 0.1) is 0 Å². The Morgan fingerprint density at radius 2 is 1.92 bits per heavy atom. The van der Waals surface area contributed by atoms with E-state index in [1.807, 2.05) is 83.3 Å². The van der Waals surface area contributed by atoms with Gasteiger partial charge in [-0.3, -0.25) is 9.48 Å². The van der Waals surface area contributed by atoms with Crippen LogP contribution < -0.4 is 5.32 Å². The molecule has 0 aliphatic carbocycles. The third-order valence-electron chi connectivity index (χ3n) is 4.33. The molecular formula is C20H18N4O. The number of rotatable bonds is 4. The van der Waals surface area contributed by atoms with E-state index < -0.39 is 0 Å². The predicted molar refractivity (Wildman–Crippen MR) is 98.6 cm³/mol. The number of carbonyl (C=O) groups excluding carboxylic acids is 1. The van der Waals surface area contributed by atoms with Crippen LogP contribution in [0.3, 0.4) is 0 Å². The summed E-state index contributed by atoms with van der Waals surface area (Å²) < 4.78 is 3.85. The van der Waals surface area contributed by atoms with Crippen LogP contribution in [0.15, 0.2) is 73.2 Å². The van der Waals surface area contributed by atoms with Crippen LogP contribution in [0.25, 0.3) is 10.9 Å². The highest BCUT2D eigenvalue weighted by atomic mass is 16.1. The van der Waals surface area contributed by atoms with Gasteiger partial charge in [-0.2, -0.15) is 5.10 Å². The fourth-order valence-corrected chi connectivity index (χ4v) is 3.04. The summed E-state index contributed by atoms with van der Waals surface area (Å²) in [5.41, 5.74) is 3.53. The third-order valence-corrected chi connectivity index (χ3v) is 4.33. The molecule has 25 heavy (non-hydrogen) atoms. The quantitative estimate of drug-likeness (QED) is 0.620. The van der Waals surface area contributed by atoms with Crippen LogP contribution in [0.2, 0.25) is 0 Å². The standard InChI is InChI=1S/C20H18N4O/c1-23-13-10-16-17(7-4-9-19(16)23)20(25)22-18-8-3-2-6-15(18)14-24-12-5-11-21-24/h2-13H,14H2,1H3,(H,22,25). The van der Waals surface area contributed by atoms with Crippen molar-refractivity contribution in [1.29, 1.82) is 0 Å². The Morgan fingerprint density at radius 1 is 1.04 bits per heavy atom. The fraction of sp³-hybridized carbons (Fsp3) is 0.100. The van der Waals surface area contributed by atoms with Crippen LogP contribution >= 0.6 is 0 Å². The molecule has 4 aromatic rings. The molecule has 5 heteroatoms. The van der Waals surface area contributed by atoms with E-state index in [1.54, 1.807) is 6.20 Å². The first-order chi connectivity index (χ1) is 12.2. The van der Waals surface area contributed by atoms with E-state index in [0.29, 0.717) is 12.1 Å². The molecule has 5 nitrogen and oxygen atoms in total. The molecule has 124 valence electrons. The summed E-state index contributed by atoms with van der Waals surface area (Å²) in [4.78, 5) is 12.8. The van der Waals surface area contributed by atoms with Gasteiger partial charge in [-0.25, -0.2) is 0 Å². The van der Waals surface area contributed by atoms with Crippen molar-refractivity contribution in [2.24, 2.45) is 7.05 Å². The van der Waals surface area contributed by atoms with Crippen molar-refractivity contribution in [3.8, 4) is 0 Å². The SMILES string of the molecule is Cn1ccc2c(C(=O)Nc3ccccc3Cn3cccn3)cccc21. The van der Waals surface area contributed by atoms with Crippen molar-refractivity contribution in [1.82, 2.24) is 14.3 Å². The lowest BCUT2D eigenvalue weighted by atomic mass is 10.1. The summed E-state index contributed by atoms with van der Waals surface area (Å²) in [6.45, 7) is 0.610. The summed E-state index contributed by atoms with van der Waals surface area (Å²) >= 11 is 0. The number of nitrogens with one attached hydrogen (secondary N) is 1. The Hall–Kier alpha value is -3.34. The molecule has 0 atom stereocenters. The number of amides is 1.